The number of nitrogens with zero attached hydrogens (tertiary/aromatic N) is 3. The lowest BCUT2D eigenvalue weighted by Gasteiger charge is -2.33. The number of hydrogen-bond donors (Lipinski definition) is 0. The van der Waals surface area contributed by atoms with E-state index < -0.39 is 27.4 Å². The maximum absolute atomic E-state index is 13.4. The number of ether oxygens (including phenoxy) is 1. The zero-order valence-electron chi connectivity index (χ0n) is 16.3. The summed E-state index contributed by atoms with van der Waals surface area (Å²) >= 11 is 3.41. The lowest BCUT2D eigenvalue weighted by molar-refractivity contribution is -0.149. The number of fused-ring (bicyclic) bond motifs is 1. The molecule has 2 aromatic rings. The van der Waals surface area contributed by atoms with Gasteiger partial charge in [0.1, 0.15) is 0 Å². The second-order valence-electron chi connectivity index (χ2n) is 6.78. The van der Waals surface area contributed by atoms with E-state index in [-0.39, 0.29) is 23.6 Å². The molecule has 154 valence electrons. The normalized spacial score (nSPS) is 20.6. The van der Waals surface area contributed by atoms with Gasteiger partial charge < -0.3 is 4.74 Å². The Morgan fingerprint density at radius 1 is 1.27 bits per heavy atom. The van der Waals surface area contributed by atoms with E-state index in [1.54, 1.807) is 31.2 Å². The molecule has 30 heavy (non-hydrogen) atoms. The number of sulfonamides is 1. The molecule has 0 spiro atoms. The number of rotatable bonds is 5. The van der Waals surface area contributed by atoms with E-state index in [9.17, 15) is 23.7 Å². The van der Waals surface area contributed by atoms with Gasteiger partial charge in [0.2, 0.25) is 10.0 Å². The molecule has 3 rings (SSSR count). The van der Waals surface area contributed by atoms with Crippen molar-refractivity contribution in [3.8, 4) is 12.1 Å². The molecule has 2 unspecified atom stereocenters. The molecule has 1 heterocycles. The molecule has 0 saturated heterocycles. The summed E-state index contributed by atoms with van der Waals surface area (Å²) in [5, 5.41) is 20.0. The van der Waals surface area contributed by atoms with E-state index in [2.05, 4.69) is 15.9 Å². The van der Waals surface area contributed by atoms with Crippen LogP contribution in [0.1, 0.15) is 23.6 Å². The lowest BCUT2D eigenvalue weighted by Crippen LogP contribution is -2.50. The third kappa shape index (κ3) is 3.29. The highest BCUT2D eigenvalue weighted by Gasteiger charge is 2.61. The Bertz CT molecular complexity index is 1200. The first kappa shape index (κ1) is 22.0. The van der Waals surface area contributed by atoms with Gasteiger partial charge in [-0.1, -0.05) is 46.3 Å². The number of esters is 1. The third-order valence-corrected chi connectivity index (χ3v) is 7.85. The number of nitriles is 2. The van der Waals surface area contributed by atoms with Crippen LogP contribution in [0.2, 0.25) is 0 Å². The van der Waals surface area contributed by atoms with Crippen LogP contribution in [0.3, 0.4) is 0 Å². The van der Waals surface area contributed by atoms with Gasteiger partial charge in [-0.25, -0.2) is 8.42 Å². The Hall–Kier alpha value is -2.72. The number of halogens is 1. The Morgan fingerprint density at radius 2 is 1.97 bits per heavy atom. The summed E-state index contributed by atoms with van der Waals surface area (Å²) in [6.07, 6.45) is 0. The van der Waals surface area contributed by atoms with Crippen LogP contribution in [-0.2, 0) is 31.6 Å². The fourth-order valence-electron chi connectivity index (χ4n) is 3.65. The highest BCUT2D eigenvalue weighted by molar-refractivity contribution is 9.10. The van der Waals surface area contributed by atoms with Crippen molar-refractivity contribution in [2.45, 2.75) is 30.8 Å². The monoisotopic (exact) mass is 487 g/mol. The third-order valence-electron chi connectivity index (χ3n) is 5.05. The van der Waals surface area contributed by atoms with Crippen LogP contribution in [0.15, 0.2) is 51.8 Å². The van der Waals surface area contributed by atoms with Crippen LogP contribution < -0.4 is 0 Å². The van der Waals surface area contributed by atoms with Crippen LogP contribution >= 0.6 is 15.9 Å². The minimum Gasteiger partial charge on any atom is -0.465 e. The van der Waals surface area contributed by atoms with E-state index >= 15 is 0 Å². The molecule has 0 saturated carbocycles. The van der Waals surface area contributed by atoms with Crippen molar-refractivity contribution >= 4 is 31.9 Å². The van der Waals surface area contributed by atoms with Crippen molar-refractivity contribution in [2.75, 3.05) is 6.61 Å². The Kier molecular flexibility index (Phi) is 6.00. The maximum atomic E-state index is 13.4. The second kappa shape index (κ2) is 8.19. The summed E-state index contributed by atoms with van der Waals surface area (Å²) in [7, 11) is -4.15. The summed E-state index contributed by atoms with van der Waals surface area (Å²) in [6, 6.07) is 15.1. The molecule has 1 aliphatic rings. The maximum Gasteiger partial charge on any atom is 0.326 e. The molecule has 0 fully saturated rings. The molecule has 0 radical (unpaired) electrons. The number of hydrogen-bond acceptors (Lipinski definition) is 6. The largest absolute Gasteiger partial charge is 0.465 e. The van der Waals surface area contributed by atoms with E-state index in [1.807, 2.05) is 19.1 Å². The van der Waals surface area contributed by atoms with E-state index in [4.69, 9.17) is 4.74 Å². The van der Waals surface area contributed by atoms with Gasteiger partial charge in [0, 0.05) is 16.6 Å². The van der Waals surface area contributed by atoms with Crippen LogP contribution in [0.5, 0.6) is 0 Å². The number of carbonyl (C=O) groups is 1. The average molecular weight is 488 g/mol. The summed E-state index contributed by atoms with van der Waals surface area (Å²) in [6.45, 7) is 3.25. The van der Waals surface area contributed by atoms with Crippen LogP contribution in [0, 0.1) is 35.5 Å². The number of aryl methyl sites for hydroxylation is 1. The summed E-state index contributed by atoms with van der Waals surface area (Å²) in [5.41, 5.74) is -0.447. The second-order valence-corrected chi connectivity index (χ2v) is 9.47. The topological polar surface area (TPSA) is 111 Å². The molecule has 0 aliphatic carbocycles. The molecule has 2 aromatic carbocycles. The molecule has 2 atom stereocenters. The SMILES string of the molecule is CCOC(=O)C(C#N)C1(C#N)c2ccccc2S(=O)(=O)N1Cc1ccc(Br)c(C)c1. The van der Waals surface area contributed by atoms with Gasteiger partial charge in [0.15, 0.2) is 11.5 Å². The van der Waals surface area contributed by atoms with Gasteiger partial charge >= 0.3 is 5.97 Å². The van der Waals surface area contributed by atoms with Gasteiger partial charge in [0.05, 0.1) is 23.6 Å². The molecular weight excluding hydrogens is 470 g/mol. The molecule has 0 bridgehead atoms. The smallest absolute Gasteiger partial charge is 0.326 e. The molecular formula is C21H18BrN3O4S. The summed E-state index contributed by atoms with van der Waals surface area (Å²) < 4.78 is 33.6. The zero-order chi connectivity index (χ0) is 22.1. The first-order valence-electron chi connectivity index (χ1n) is 9.09. The predicted molar refractivity (Wildman–Crippen MR) is 111 cm³/mol. The Balaban J connectivity index is 2.27. The fourth-order valence-corrected chi connectivity index (χ4v) is 5.83. The number of carbonyl (C=O) groups excluding carboxylic acids is 1. The molecule has 0 amide bonds. The first-order chi connectivity index (χ1) is 14.2. The van der Waals surface area contributed by atoms with E-state index in [1.165, 1.54) is 18.2 Å². The molecule has 0 aromatic heterocycles. The van der Waals surface area contributed by atoms with E-state index in [0.29, 0.717) is 5.56 Å². The van der Waals surface area contributed by atoms with Crippen LogP contribution in [-0.4, -0.2) is 25.3 Å². The summed E-state index contributed by atoms with van der Waals surface area (Å²) in [5.74, 6) is -2.59. The standard InChI is InChI=1S/C21H18BrN3O4S/c1-3-29-20(26)17(11-23)21(13-24)16-6-4-5-7-19(16)30(27,28)25(21)12-15-8-9-18(22)14(2)10-15/h4-10,17H,3,12H2,1-2H3. The van der Waals surface area contributed by atoms with Gasteiger partial charge in [-0.2, -0.15) is 14.8 Å². The minimum absolute atomic E-state index is 0.00117. The summed E-state index contributed by atoms with van der Waals surface area (Å²) in [4.78, 5) is 12.5. The van der Waals surface area contributed by atoms with Crippen molar-refractivity contribution in [3.63, 3.8) is 0 Å². The molecule has 1 aliphatic heterocycles. The fraction of sp³-hybridized carbons (Fsp3) is 0.286. The van der Waals surface area contributed by atoms with Gasteiger partial charge in [0.25, 0.3) is 0 Å². The zero-order valence-corrected chi connectivity index (χ0v) is 18.7. The highest BCUT2D eigenvalue weighted by atomic mass is 79.9. The van der Waals surface area contributed by atoms with Gasteiger partial charge in [-0.05, 0) is 37.1 Å². The van der Waals surface area contributed by atoms with Crippen molar-refractivity contribution in [2.24, 2.45) is 5.92 Å². The number of benzene rings is 2. The quantitative estimate of drug-likeness (QED) is 0.597. The van der Waals surface area contributed by atoms with Crippen LogP contribution in [0.4, 0.5) is 0 Å². The highest BCUT2D eigenvalue weighted by Crippen LogP contribution is 2.49. The predicted octanol–water partition coefficient (Wildman–Crippen LogP) is 3.38. The first-order valence-corrected chi connectivity index (χ1v) is 11.3. The van der Waals surface area contributed by atoms with Crippen LogP contribution in [0.25, 0.3) is 0 Å². The molecule has 7 nitrogen and oxygen atoms in total. The molecule has 0 N–H and O–H groups in total. The Labute approximate surface area is 183 Å². The Morgan fingerprint density at radius 3 is 2.57 bits per heavy atom. The minimum atomic E-state index is -4.15. The van der Waals surface area contributed by atoms with Gasteiger partial charge in [-0.3, -0.25) is 4.79 Å². The van der Waals surface area contributed by atoms with Crippen molar-refractivity contribution in [1.29, 1.82) is 10.5 Å². The lowest BCUT2D eigenvalue weighted by atomic mass is 9.79. The average Bonchev–Trinajstić information content (AvgIpc) is 2.91. The van der Waals surface area contributed by atoms with Crippen molar-refractivity contribution in [3.05, 3.63) is 63.6 Å². The van der Waals surface area contributed by atoms with E-state index in [0.717, 1.165) is 14.3 Å². The van der Waals surface area contributed by atoms with Crippen molar-refractivity contribution < 1.29 is 17.9 Å². The molecule has 9 heteroatoms. The van der Waals surface area contributed by atoms with Crippen molar-refractivity contribution in [1.82, 2.24) is 4.31 Å². The van der Waals surface area contributed by atoms with Gasteiger partial charge in [-0.15, -0.1) is 0 Å².